The molecule has 0 saturated carbocycles. The van der Waals surface area contributed by atoms with Gasteiger partial charge in [-0.2, -0.15) is 5.10 Å². The molecule has 0 spiro atoms. The van der Waals surface area contributed by atoms with Gasteiger partial charge in [-0.3, -0.25) is 4.79 Å². The van der Waals surface area contributed by atoms with E-state index in [9.17, 15) is 4.79 Å². The summed E-state index contributed by atoms with van der Waals surface area (Å²) in [4.78, 5) is 24.3. The highest BCUT2D eigenvalue weighted by molar-refractivity contribution is 5.93. The van der Waals surface area contributed by atoms with E-state index in [1.165, 1.54) is 23.7 Å². The highest BCUT2D eigenvalue weighted by atomic mass is 16.5. The van der Waals surface area contributed by atoms with Crippen LogP contribution in [0.4, 0.5) is 5.82 Å². The average Bonchev–Trinajstić information content (AvgIpc) is 3.18. The molecular formula is C17H18N6O3. The molecule has 0 aliphatic rings. The standard InChI is InChI=1S/C17H18N6O3/c1-3-25-13-4-6-14(7-5-13)26-12(2)17(24)22-15-8-16(20-10-19-15)23-11-18-9-21-23/h4-12H,3H2,1-2H3,(H,19,20,22,24). The zero-order chi connectivity index (χ0) is 18.4. The van der Waals surface area contributed by atoms with Gasteiger partial charge in [-0.25, -0.2) is 19.6 Å². The van der Waals surface area contributed by atoms with E-state index in [1.54, 1.807) is 37.3 Å². The molecule has 9 nitrogen and oxygen atoms in total. The van der Waals surface area contributed by atoms with Crippen LogP contribution in [0.15, 0.2) is 49.3 Å². The summed E-state index contributed by atoms with van der Waals surface area (Å²) in [6.07, 6.45) is 3.53. The number of anilines is 1. The van der Waals surface area contributed by atoms with Gasteiger partial charge in [0, 0.05) is 6.07 Å². The second-order valence-electron chi connectivity index (χ2n) is 5.26. The fraction of sp³-hybridized carbons (Fsp3) is 0.235. The van der Waals surface area contributed by atoms with E-state index in [2.05, 4.69) is 25.4 Å². The van der Waals surface area contributed by atoms with Crippen LogP contribution >= 0.6 is 0 Å². The van der Waals surface area contributed by atoms with E-state index in [0.29, 0.717) is 24.0 Å². The molecule has 1 amide bonds. The SMILES string of the molecule is CCOc1ccc(OC(C)C(=O)Nc2cc(-n3cncn3)ncn2)cc1. The zero-order valence-corrected chi connectivity index (χ0v) is 14.4. The largest absolute Gasteiger partial charge is 0.494 e. The molecule has 26 heavy (non-hydrogen) atoms. The minimum Gasteiger partial charge on any atom is -0.494 e. The predicted molar refractivity (Wildman–Crippen MR) is 93.3 cm³/mol. The Morgan fingerprint density at radius 3 is 2.65 bits per heavy atom. The summed E-state index contributed by atoms with van der Waals surface area (Å²) < 4.78 is 12.5. The fourth-order valence-electron chi connectivity index (χ4n) is 2.13. The van der Waals surface area contributed by atoms with Crippen LogP contribution < -0.4 is 14.8 Å². The van der Waals surface area contributed by atoms with Gasteiger partial charge in [-0.05, 0) is 38.1 Å². The third-order valence-electron chi connectivity index (χ3n) is 3.37. The molecule has 3 rings (SSSR count). The molecule has 1 aromatic carbocycles. The molecule has 2 heterocycles. The Morgan fingerprint density at radius 2 is 1.96 bits per heavy atom. The number of nitrogens with zero attached hydrogens (tertiary/aromatic N) is 5. The number of ether oxygens (including phenoxy) is 2. The van der Waals surface area contributed by atoms with Gasteiger partial charge < -0.3 is 14.8 Å². The first kappa shape index (κ1) is 17.3. The van der Waals surface area contributed by atoms with Crippen molar-refractivity contribution in [1.82, 2.24) is 24.7 Å². The van der Waals surface area contributed by atoms with Crippen LogP contribution in [-0.2, 0) is 4.79 Å². The van der Waals surface area contributed by atoms with Crippen molar-refractivity contribution in [3.05, 3.63) is 49.3 Å². The van der Waals surface area contributed by atoms with Gasteiger partial charge >= 0.3 is 0 Å². The molecule has 0 aliphatic carbocycles. The van der Waals surface area contributed by atoms with Gasteiger partial charge in [0.2, 0.25) is 0 Å². The summed E-state index contributed by atoms with van der Waals surface area (Å²) >= 11 is 0. The number of hydrogen-bond acceptors (Lipinski definition) is 7. The van der Waals surface area contributed by atoms with E-state index < -0.39 is 6.10 Å². The third-order valence-corrected chi connectivity index (χ3v) is 3.37. The van der Waals surface area contributed by atoms with Gasteiger partial charge in [-0.1, -0.05) is 0 Å². The Hall–Kier alpha value is -3.49. The maximum Gasteiger partial charge on any atom is 0.266 e. The van der Waals surface area contributed by atoms with Crippen molar-refractivity contribution in [2.45, 2.75) is 20.0 Å². The molecule has 2 aromatic heterocycles. The number of nitrogens with one attached hydrogen (secondary N) is 1. The Balaban J connectivity index is 1.61. The van der Waals surface area contributed by atoms with E-state index in [1.807, 2.05) is 6.92 Å². The van der Waals surface area contributed by atoms with Crippen molar-refractivity contribution in [1.29, 1.82) is 0 Å². The summed E-state index contributed by atoms with van der Waals surface area (Å²) in [5.74, 6) is 1.83. The number of benzene rings is 1. The first-order valence-corrected chi connectivity index (χ1v) is 8.03. The summed E-state index contributed by atoms with van der Waals surface area (Å²) in [6, 6.07) is 8.68. The second-order valence-corrected chi connectivity index (χ2v) is 5.26. The minimum atomic E-state index is -0.710. The fourth-order valence-corrected chi connectivity index (χ4v) is 2.13. The van der Waals surface area contributed by atoms with Gasteiger partial charge in [0.25, 0.3) is 5.91 Å². The molecule has 0 radical (unpaired) electrons. The van der Waals surface area contributed by atoms with Gasteiger partial charge in [-0.15, -0.1) is 0 Å². The Labute approximate surface area is 150 Å². The molecule has 134 valence electrons. The third kappa shape index (κ3) is 4.32. The van der Waals surface area contributed by atoms with Gasteiger partial charge in [0.1, 0.15) is 36.3 Å². The summed E-state index contributed by atoms with van der Waals surface area (Å²) in [5.41, 5.74) is 0. The number of carbonyl (C=O) groups is 1. The van der Waals surface area contributed by atoms with Crippen LogP contribution in [0.5, 0.6) is 11.5 Å². The summed E-state index contributed by atoms with van der Waals surface area (Å²) in [5, 5.41) is 6.68. The molecule has 0 aliphatic heterocycles. The lowest BCUT2D eigenvalue weighted by Gasteiger charge is -2.15. The van der Waals surface area contributed by atoms with Gasteiger partial charge in [0.05, 0.1) is 6.61 Å². The molecule has 0 saturated heterocycles. The summed E-state index contributed by atoms with van der Waals surface area (Å²) in [6.45, 7) is 4.16. The highest BCUT2D eigenvalue weighted by Crippen LogP contribution is 2.19. The highest BCUT2D eigenvalue weighted by Gasteiger charge is 2.16. The molecule has 1 unspecified atom stereocenters. The van der Waals surface area contributed by atoms with Gasteiger partial charge in [0.15, 0.2) is 11.9 Å². The quantitative estimate of drug-likeness (QED) is 0.690. The van der Waals surface area contributed by atoms with E-state index >= 15 is 0 Å². The lowest BCUT2D eigenvalue weighted by molar-refractivity contribution is -0.122. The number of hydrogen-bond donors (Lipinski definition) is 1. The minimum absolute atomic E-state index is 0.331. The molecule has 9 heteroatoms. The van der Waals surface area contributed by atoms with Crippen LogP contribution in [-0.4, -0.2) is 43.4 Å². The summed E-state index contributed by atoms with van der Waals surface area (Å²) in [7, 11) is 0. The molecule has 1 atom stereocenters. The molecular weight excluding hydrogens is 336 g/mol. The molecule has 0 fully saturated rings. The monoisotopic (exact) mass is 354 g/mol. The Morgan fingerprint density at radius 1 is 1.19 bits per heavy atom. The predicted octanol–water partition coefficient (Wildman–Crippen LogP) is 1.86. The van der Waals surface area contributed by atoms with Crippen LogP contribution in [0, 0.1) is 0 Å². The Kier molecular flexibility index (Phi) is 5.37. The normalized spacial score (nSPS) is 11.6. The van der Waals surface area contributed by atoms with Crippen molar-refractivity contribution in [2.24, 2.45) is 0 Å². The van der Waals surface area contributed by atoms with Crippen molar-refractivity contribution in [3.63, 3.8) is 0 Å². The van der Waals surface area contributed by atoms with Crippen LogP contribution in [0.2, 0.25) is 0 Å². The van der Waals surface area contributed by atoms with Crippen LogP contribution in [0.1, 0.15) is 13.8 Å². The maximum absolute atomic E-state index is 12.3. The first-order chi connectivity index (χ1) is 12.7. The Bertz CT molecular complexity index is 851. The van der Waals surface area contributed by atoms with E-state index in [4.69, 9.17) is 9.47 Å². The molecule has 1 N–H and O–H groups in total. The number of amides is 1. The lowest BCUT2D eigenvalue weighted by Crippen LogP contribution is -2.30. The zero-order valence-electron chi connectivity index (χ0n) is 14.4. The van der Waals surface area contributed by atoms with Crippen molar-refractivity contribution in [3.8, 4) is 17.3 Å². The number of carbonyl (C=O) groups excluding carboxylic acids is 1. The number of rotatable bonds is 7. The smallest absolute Gasteiger partial charge is 0.266 e. The van der Waals surface area contributed by atoms with E-state index in [0.717, 1.165) is 5.75 Å². The van der Waals surface area contributed by atoms with Crippen molar-refractivity contribution >= 4 is 11.7 Å². The van der Waals surface area contributed by atoms with Crippen LogP contribution in [0.25, 0.3) is 5.82 Å². The lowest BCUT2D eigenvalue weighted by atomic mass is 10.3. The molecule has 0 bridgehead atoms. The second kappa shape index (κ2) is 8.06. The topological polar surface area (TPSA) is 104 Å². The maximum atomic E-state index is 12.3. The van der Waals surface area contributed by atoms with Crippen molar-refractivity contribution < 1.29 is 14.3 Å². The molecule has 3 aromatic rings. The first-order valence-electron chi connectivity index (χ1n) is 8.03. The van der Waals surface area contributed by atoms with Crippen LogP contribution in [0.3, 0.4) is 0 Å². The van der Waals surface area contributed by atoms with E-state index in [-0.39, 0.29) is 5.91 Å². The average molecular weight is 354 g/mol. The van der Waals surface area contributed by atoms with Crippen molar-refractivity contribution in [2.75, 3.05) is 11.9 Å². The number of aromatic nitrogens is 5.